The predicted molar refractivity (Wildman–Crippen MR) is 79.9 cm³/mol. The lowest BCUT2D eigenvalue weighted by Crippen LogP contribution is -2.37. The summed E-state index contributed by atoms with van der Waals surface area (Å²) in [6, 6.07) is 6.56. The highest BCUT2D eigenvalue weighted by atomic mass is 32.2. The molecule has 1 amide bonds. The van der Waals surface area contributed by atoms with Crippen molar-refractivity contribution in [2.75, 3.05) is 16.9 Å². The number of rotatable bonds is 4. The Hall–Kier alpha value is -1.53. The number of carbonyl (C=O) groups excluding carboxylic acids is 2. The number of thioether (sulfide) groups is 1. The molecule has 0 aliphatic carbocycles. The van der Waals surface area contributed by atoms with Gasteiger partial charge >= 0.3 is 5.97 Å². The first-order chi connectivity index (χ1) is 9.56. The van der Waals surface area contributed by atoms with Crippen LogP contribution in [0.2, 0.25) is 0 Å². The normalized spacial score (nSPS) is 18.1. The van der Waals surface area contributed by atoms with Crippen molar-refractivity contribution in [2.24, 2.45) is 0 Å². The third-order valence-corrected chi connectivity index (χ3v) is 3.70. The van der Waals surface area contributed by atoms with Crippen LogP contribution in [0.25, 0.3) is 0 Å². The molecule has 1 aromatic carbocycles. The van der Waals surface area contributed by atoms with Gasteiger partial charge in [0.1, 0.15) is 0 Å². The van der Waals surface area contributed by atoms with E-state index in [0.29, 0.717) is 11.3 Å². The molecule has 0 radical (unpaired) electrons. The summed E-state index contributed by atoms with van der Waals surface area (Å²) in [4.78, 5) is 23.6. The van der Waals surface area contributed by atoms with Crippen molar-refractivity contribution >= 4 is 29.3 Å². The van der Waals surface area contributed by atoms with Crippen LogP contribution < -0.4 is 10.6 Å². The number of anilines is 1. The molecule has 1 unspecified atom stereocenters. The second-order valence-electron chi connectivity index (χ2n) is 4.79. The molecule has 1 atom stereocenters. The van der Waals surface area contributed by atoms with Crippen LogP contribution in [0, 0.1) is 0 Å². The molecule has 0 saturated carbocycles. The summed E-state index contributed by atoms with van der Waals surface area (Å²) in [5.41, 5.74) is 1.15. The molecular formula is C14H18N2O3S. The summed E-state index contributed by atoms with van der Waals surface area (Å²) < 4.78 is 5.10. The van der Waals surface area contributed by atoms with E-state index in [1.54, 1.807) is 49.9 Å². The van der Waals surface area contributed by atoms with Crippen molar-refractivity contribution in [2.45, 2.75) is 26.0 Å². The SMILES string of the molecule is CC(C)OC(=O)c1ccc(NC(=O)C2CSCN2)cc1. The van der Waals surface area contributed by atoms with Gasteiger partial charge in [-0.3, -0.25) is 10.1 Å². The Bertz CT molecular complexity index is 482. The Balaban J connectivity index is 1.94. The first-order valence-corrected chi connectivity index (χ1v) is 7.65. The predicted octanol–water partition coefficient (Wildman–Crippen LogP) is 1.85. The van der Waals surface area contributed by atoms with E-state index < -0.39 is 0 Å². The maximum absolute atomic E-state index is 11.9. The minimum atomic E-state index is -0.355. The average molecular weight is 294 g/mol. The molecule has 0 bridgehead atoms. The highest BCUT2D eigenvalue weighted by molar-refractivity contribution is 7.99. The van der Waals surface area contributed by atoms with Gasteiger partial charge in [0, 0.05) is 17.3 Å². The van der Waals surface area contributed by atoms with Crippen molar-refractivity contribution < 1.29 is 14.3 Å². The molecule has 1 aliphatic heterocycles. The highest BCUT2D eigenvalue weighted by Gasteiger charge is 2.22. The molecular weight excluding hydrogens is 276 g/mol. The topological polar surface area (TPSA) is 67.4 Å². The molecule has 20 heavy (non-hydrogen) atoms. The van der Waals surface area contributed by atoms with Gasteiger partial charge in [0.05, 0.1) is 17.7 Å². The van der Waals surface area contributed by atoms with Crippen molar-refractivity contribution in [3.63, 3.8) is 0 Å². The number of esters is 1. The quantitative estimate of drug-likeness (QED) is 0.830. The van der Waals surface area contributed by atoms with Crippen LogP contribution in [0.1, 0.15) is 24.2 Å². The molecule has 1 aromatic rings. The molecule has 2 rings (SSSR count). The number of nitrogens with one attached hydrogen (secondary N) is 2. The molecule has 2 N–H and O–H groups in total. The van der Waals surface area contributed by atoms with Gasteiger partial charge in [-0.1, -0.05) is 0 Å². The zero-order valence-corrected chi connectivity index (χ0v) is 12.3. The van der Waals surface area contributed by atoms with Gasteiger partial charge in [-0.15, -0.1) is 11.8 Å². The van der Waals surface area contributed by atoms with Crippen LogP contribution >= 0.6 is 11.8 Å². The summed E-state index contributed by atoms with van der Waals surface area (Å²) in [7, 11) is 0. The smallest absolute Gasteiger partial charge is 0.338 e. The van der Waals surface area contributed by atoms with E-state index in [1.165, 1.54) is 0 Å². The zero-order valence-electron chi connectivity index (χ0n) is 11.5. The van der Waals surface area contributed by atoms with Gasteiger partial charge in [-0.25, -0.2) is 4.79 Å². The largest absolute Gasteiger partial charge is 0.459 e. The number of ether oxygens (including phenoxy) is 1. The van der Waals surface area contributed by atoms with Crippen LogP contribution in [-0.4, -0.2) is 35.7 Å². The summed E-state index contributed by atoms with van der Waals surface area (Å²) in [6.45, 7) is 3.61. The monoisotopic (exact) mass is 294 g/mol. The fourth-order valence-electron chi connectivity index (χ4n) is 1.76. The molecule has 1 fully saturated rings. The molecule has 1 saturated heterocycles. The van der Waals surface area contributed by atoms with Gasteiger partial charge in [0.2, 0.25) is 5.91 Å². The van der Waals surface area contributed by atoms with Crippen LogP contribution in [0.4, 0.5) is 5.69 Å². The van der Waals surface area contributed by atoms with Crippen LogP contribution in [0.3, 0.4) is 0 Å². The van der Waals surface area contributed by atoms with Crippen LogP contribution in [0.5, 0.6) is 0 Å². The third kappa shape index (κ3) is 3.98. The molecule has 1 aliphatic rings. The Morgan fingerprint density at radius 2 is 2.05 bits per heavy atom. The second kappa shape index (κ2) is 6.76. The van der Waals surface area contributed by atoms with E-state index >= 15 is 0 Å². The summed E-state index contributed by atoms with van der Waals surface area (Å²) >= 11 is 1.70. The molecule has 108 valence electrons. The fourth-order valence-corrected chi connectivity index (χ4v) is 2.71. The molecule has 1 heterocycles. The van der Waals surface area contributed by atoms with Gasteiger partial charge in [-0.05, 0) is 38.1 Å². The number of hydrogen-bond acceptors (Lipinski definition) is 5. The van der Waals surface area contributed by atoms with Crippen LogP contribution in [0.15, 0.2) is 24.3 Å². The van der Waals surface area contributed by atoms with Gasteiger partial charge in [0.25, 0.3) is 0 Å². The Labute approximate surface area is 122 Å². The van der Waals surface area contributed by atoms with E-state index in [1.807, 2.05) is 0 Å². The third-order valence-electron chi connectivity index (χ3n) is 2.76. The van der Waals surface area contributed by atoms with Crippen LogP contribution in [-0.2, 0) is 9.53 Å². The maximum Gasteiger partial charge on any atom is 0.338 e. The number of carbonyl (C=O) groups is 2. The Morgan fingerprint density at radius 3 is 2.60 bits per heavy atom. The maximum atomic E-state index is 11.9. The first kappa shape index (κ1) is 14.9. The summed E-state index contributed by atoms with van der Waals surface area (Å²) in [5, 5.41) is 5.93. The standard InChI is InChI=1S/C14H18N2O3S/c1-9(2)19-14(18)10-3-5-11(6-4-10)16-13(17)12-7-20-8-15-12/h3-6,9,12,15H,7-8H2,1-2H3,(H,16,17). The number of benzene rings is 1. The van der Waals surface area contributed by atoms with Gasteiger partial charge < -0.3 is 10.1 Å². The fraction of sp³-hybridized carbons (Fsp3) is 0.429. The highest BCUT2D eigenvalue weighted by Crippen LogP contribution is 2.14. The van der Waals surface area contributed by atoms with E-state index in [9.17, 15) is 9.59 Å². The van der Waals surface area contributed by atoms with E-state index in [0.717, 1.165) is 11.6 Å². The van der Waals surface area contributed by atoms with Crippen molar-refractivity contribution in [3.8, 4) is 0 Å². The van der Waals surface area contributed by atoms with Gasteiger partial charge in [0.15, 0.2) is 0 Å². The van der Waals surface area contributed by atoms with Gasteiger partial charge in [-0.2, -0.15) is 0 Å². The molecule has 6 heteroatoms. The minimum absolute atomic E-state index is 0.0486. The van der Waals surface area contributed by atoms with Crippen molar-refractivity contribution in [3.05, 3.63) is 29.8 Å². The summed E-state index contributed by atoms with van der Waals surface area (Å²) in [5.74, 6) is 1.18. The van der Waals surface area contributed by atoms with Crippen molar-refractivity contribution in [1.82, 2.24) is 5.32 Å². The zero-order chi connectivity index (χ0) is 14.5. The van der Waals surface area contributed by atoms with Crippen molar-refractivity contribution in [1.29, 1.82) is 0 Å². The molecule has 0 aromatic heterocycles. The number of amides is 1. The molecule has 5 nitrogen and oxygen atoms in total. The lowest BCUT2D eigenvalue weighted by Gasteiger charge is -2.11. The van der Waals surface area contributed by atoms with E-state index in [2.05, 4.69) is 10.6 Å². The summed E-state index contributed by atoms with van der Waals surface area (Å²) in [6.07, 6.45) is -0.146. The van der Waals surface area contributed by atoms with E-state index in [-0.39, 0.29) is 24.0 Å². The minimum Gasteiger partial charge on any atom is -0.459 e. The lowest BCUT2D eigenvalue weighted by molar-refractivity contribution is -0.117. The second-order valence-corrected chi connectivity index (χ2v) is 5.82. The first-order valence-electron chi connectivity index (χ1n) is 6.49. The molecule has 0 spiro atoms. The Kier molecular flexibility index (Phi) is 5.03. The number of hydrogen-bond donors (Lipinski definition) is 2. The average Bonchev–Trinajstić information content (AvgIpc) is 2.92. The Morgan fingerprint density at radius 1 is 1.35 bits per heavy atom. The lowest BCUT2D eigenvalue weighted by atomic mass is 10.2. The van der Waals surface area contributed by atoms with E-state index in [4.69, 9.17) is 4.74 Å².